The molecule has 0 atom stereocenters. The second kappa shape index (κ2) is 7.87. The van der Waals surface area contributed by atoms with Gasteiger partial charge in [-0.3, -0.25) is 0 Å². The Hall–Kier alpha value is -2.86. The van der Waals surface area contributed by atoms with Crippen LogP contribution in [0.2, 0.25) is 0 Å². The molecule has 1 aromatic carbocycles. The van der Waals surface area contributed by atoms with E-state index in [4.69, 9.17) is 9.47 Å². The van der Waals surface area contributed by atoms with E-state index in [1.54, 1.807) is 32.9 Å². The van der Waals surface area contributed by atoms with Crippen LogP contribution < -0.4 is 4.74 Å². The van der Waals surface area contributed by atoms with Gasteiger partial charge in [0.05, 0.1) is 23.9 Å². The standard InChI is InChI=1S/C20H23N3O5S/c1-5-27-20(24)17-19(28-15-8-12(2)16(10-21)13(3)9-15)18(14-6-7-14)23(22-17)11-29(4,25)26/h8-9,14H,5-7,11H2,1-4H3. The Labute approximate surface area is 170 Å². The fraction of sp³-hybridized carbons (Fsp3) is 0.450. The van der Waals surface area contributed by atoms with Gasteiger partial charge in [0.15, 0.2) is 15.6 Å². The summed E-state index contributed by atoms with van der Waals surface area (Å²) in [5.74, 6) is -0.273. The van der Waals surface area contributed by atoms with Gasteiger partial charge in [0.2, 0.25) is 5.69 Å². The minimum Gasteiger partial charge on any atom is -0.461 e. The summed E-state index contributed by atoms with van der Waals surface area (Å²) in [6.45, 7) is 5.45. The molecule has 0 radical (unpaired) electrons. The van der Waals surface area contributed by atoms with Crippen molar-refractivity contribution in [2.45, 2.75) is 45.4 Å². The van der Waals surface area contributed by atoms with E-state index in [2.05, 4.69) is 11.2 Å². The molecule has 2 aromatic rings. The molecule has 0 amide bonds. The van der Waals surface area contributed by atoms with Gasteiger partial charge in [0.25, 0.3) is 0 Å². The Morgan fingerprint density at radius 2 is 1.93 bits per heavy atom. The molecule has 8 nitrogen and oxygen atoms in total. The number of ether oxygens (including phenoxy) is 2. The van der Waals surface area contributed by atoms with Crippen molar-refractivity contribution in [3.05, 3.63) is 40.2 Å². The number of benzene rings is 1. The Kier molecular flexibility index (Phi) is 5.66. The van der Waals surface area contributed by atoms with E-state index in [1.807, 2.05) is 0 Å². The van der Waals surface area contributed by atoms with Gasteiger partial charge in [-0.05, 0) is 56.9 Å². The molecule has 0 bridgehead atoms. The van der Waals surface area contributed by atoms with Crippen molar-refractivity contribution in [3.8, 4) is 17.6 Å². The van der Waals surface area contributed by atoms with E-state index < -0.39 is 15.8 Å². The molecule has 1 aliphatic rings. The van der Waals surface area contributed by atoms with Gasteiger partial charge in [-0.1, -0.05) is 0 Å². The maximum absolute atomic E-state index is 12.5. The minimum atomic E-state index is -3.39. The Bertz CT molecular complexity index is 1080. The van der Waals surface area contributed by atoms with Crippen molar-refractivity contribution in [2.24, 2.45) is 0 Å². The number of esters is 1. The Morgan fingerprint density at radius 1 is 1.31 bits per heavy atom. The number of sulfone groups is 1. The third kappa shape index (κ3) is 4.59. The summed E-state index contributed by atoms with van der Waals surface area (Å²) in [6, 6.07) is 5.58. The summed E-state index contributed by atoms with van der Waals surface area (Å²) in [6.07, 6.45) is 2.84. The highest BCUT2D eigenvalue weighted by Crippen LogP contribution is 2.47. The molecule has 154 valence electrons. The molecule has 29 heavy (non-hydrogen) atoms. The van der Waals surface area contributed by atoms with Crippen molar-refractivity contribution in [3.63, 3.8) is 0 Å². The normalized spacial score (nSPS) is 13.8. The molecule has 1 aliphatic carbocycles. The van der Waals surface area contributed by atoms with E-state index in [0.717, 1.165) is 30.2 Å². The van der Waals surface area contributed by atoms with Gasteiger partial charge in [-0.15, -0.1) is 0 Å². The van der Waals surface area contributed by atoms with Gasteiger partial charge in [0.1, 0.15) is 11.6 Å². The molecule has 0 N–H and O–H groups in total. The first-order chi connectivity index (χ1) is 13.6. The van der Waals surface area contributed by atoms with E-state index >= 15 is 0 Å². The number of carbonyl (C=O) groups is 1. The molecular weight excluding hydrogens is 394 g/mol. The summed E-state index contributed by atoms with van der Waals surface area (Å²) in [4.78, 5) is 12.5. The van der Waals surface area contributed by atoms with Crippen LogP contribution in [0.3, 0.4) is 0 Å². The number of rotatable bonds is 7. The molecule has 9 heteroatoms. The molecule has 0 spiro atoms. The summed E-state index contributed by atoms with van der Waals surface area (Å²) >= 11 is 0. The van der Waals surface area contributed by atoms with Crippen LogP contribution in [0, 0.1) is 25.2 Å². The first kappa shape index (κ1) is 20.9. The van der Waals surface area contributed by atoms with E-state index in [9.17, 15) is 18.5 Å². The number of nitriles is 1. The first-order valence-corrected chi connectivity index (χ1v) is 11.3. The van der Waals surface area contributed by atoms with Crippen LogP contribution in [0.1, 0.15) is 58.6 Å². The predicted molar refractivity (Wildman–Crippen MR) is 106 cm³/mol. The molecule has 0 unspecified atom stereocenters. The number of carbonyl (C=O) groups excluding carboxylic acids is 1. The van der Waals surface area contributed by atoms with Crippen molar-refractivity contribution < 1.29 is 22.7 Å². The second-order valence-electron chi connectivity index (χ2n) is 7.26. The highest BCUT2D eigenvalue weighted by molar-refractivity contribution is 7.89. The van der Waals surface area contributed by atoms with Crippen LogP contribution in [0.5, 0.6) is 11.5 Å². The van der Waals surface area contributed by atoms with Gasteiger partial charge < -0.3 is 9.47 Å². The Balaban J connectivity index is 2.13. The summed E-state index contributed by atoms with van der Waals surface area (Å²) in [5.41, 5.74) is 2.60. The van der Waals surface area contributed by atoms with Gasteiger partial charge >= 0.3 is 5.97 Å². The number of aromatic nitrogens is 2. The van der Waals surface area contributed by atoms with E-state index in [1.165, 1.54) is 4.68 Å². The average Bonchev–Trinajstić information content (AvgIpc) is 3.37. The lowest BCUT2D eigenvalue weighted by Gasteiger charge is -2.12. The largest absolute Gasteiger partial charge is 0.461 e. The lowest BCUT2D eigenvalue weighted by molar-refractivity contribution is 0.0515. The van der Waals surface area contributed by atoms with Crippen LogP contribution in [0.4, 0.5) is 0 Å². The SMILES string of the molecule is CCOC(=O)c1nn(CS(C)(=O)=O)c(C2CC2)c1Oc1cc(C)c(C#N)c(C)c1. The van der Waals surface area contributed by atoms with E-state index in [0.29, 0.717) is 17.0 Å². The van der Waals surface area contributed by atoms with Crippen LogP contribution in [-0.4, -0.2) is 37.0 Å². The number of hydrogen-bond donors (Lipinski definition) is 0. The molecule has 3 rings (SSSR count). The molecule has 1 fully saturated rings. The minimum absolute atomic E-state index is 0.0444. The maximum atomic E-state index is 12.5. The number of aryl methyl sites for hydroxylation is 2. The van der Waals surface area contributed by atoms with Gasteiger partial charge in [-0.2, -0.15) is 10.4 Å². The fourth-order valence-corrected chi connectivity index (χ4v) is 3.88. The van der Waals surface area contributed by atoms with E-state index in [-0.39, 0.29) is 29.8 Å². The maximum Gasteiger partial charge on any atom is 0.362 e. The topological polar surface area (TPSA) is 111 Å². The van der Waals surface area contributed by atoms with Gasteiger partial charge in [0, 0.05) is 12.2 Å². The molecule has 1 heterocycles. The predicted octanol–water partition coefficient (Wildman–Crippen LogP) is 3.22. The molecule has 1 saturated carbocycles. The zero-order chi connectivity index (χ0) is 21.3. The van der Waals surface area contributed by atoms with Crippen LogP contribution in [0.15, 0.2) is 12.1 Å². The monoisotopic (exact) mass is 417 g/mol. The lowest BCUT2D eigenvalue weighted by Crippen LogP contribution is -2.13. The lowest BCUT2D eigenvalue weighted by atomic mass is 10.0. The van der Waals surface area contributed by atoms with Crippen molar-refractivity contribution >= 4 is 15.8 Å². The summed E-state index contributed by atoms with van der Waals surface area (Å²) in [5, 5.41) is 13.5. The summed E-state index contributed by atoms with van der Waals surface area (Å²) in [7, 11) is -3.39. The molecule has 1 aromatic heterocycles. The second-order valence-corrected chi connectivity index (χ2v) is 9.37. The molecule has 0 aliphatic heterocycles. The zero-order valence-corrected chi connectivity index (χ0v) is 17.7. The van der Waals surface area contributed by atoms with Crippen molar-refractivity contribution in [2.75, 3.05) is 12.9 Å². The molecule has 0 saturated heterocycles. The third-order valence-electron chi connectivity index (χ3n) is 4.57. The average molecular weight is 417 g/mol. The van der Waals surface area contributed by atoms with Crippen LogP contribution in [0.25, 0.3) is 0 Å². The number of nitrogens with zero attached hydrogens (tertiary/aromatic N) is 3. The molecular formula is C20H23N3O5S. The van der Waals surface area contributed by atoms with Gasteiger partial charge in [-0.25, -0.2) is 17.9 Å². The van der Waals surface area contributed by atoms with Crippen molar-refractivity contribution in [1.82, 2.24) is 9.78 Å². The van der Waals surface area contributed by atoms with Crippen molar-refractivity contribution in [1.29, 1.82) is 5.26 Å². The fourth-order valence-electron chi connectivity index (χ4n) is 3.24. The highest BCUT2D eigenvalue weighted by atomic mass is 32.2. The first-order valence-electron chi connectivity index (χ1n) is 9.29. The Morgan fingerprint density at radius 3 is 2.41 bits per heavy atom. The number of hydrogen-bond acceptors (Lipinski definition) is 7. The smallest absolute Gasteiger partial charge is 0.362 e. The van der Waals surface area contributed by atoms with Crippen LogP contribution in [-0.2, 0) is 20.5 Å². The quantitative estimate of drug-likeness (QED) is 0.636. The highest BCUT2D eigenvalue weighted by Gasteiger charge is 2.37. The van der Waals surface area contributed by atoms with Crippen LogP contribution >= 0.6 is 0 Å². The zero-order valence-electron chi connectivity index (χ0n) is 16.9. The summed E-state index contributed by atoms with van der Waals surface area (Å²) < 4.78 is 36.3. The third-order valence-corrected chi connectivity index (χ3v) is 5.29.